The maximum absolute atomic E-state index is 5.52. The van der Waals surface area contributed by atoms with Gasteiger partial charge in [-0.05, 0) is 24.6 Å². The lowest BCUT2D eigenvalue weighted by Gasteiger charge is -2.35. The molecule has 0 radical (unpaired) electrons. The summed E-state index contributed by atoms with van der Waals surface area (Å²) in [5.41, 5.74) is 2.66. The average Bonchev–Trinajstić information content (AvgIpc) is 2.32. The molecule has 0 aromatic heterocycles. The molecule has 1 saturated heterocycles. The van der Waals surface area contributed by atoms with Crippen molar-refractivity contribution in [3.05, 3.63) is 29.3 Å². The van der Waals surface area contributed by atoms with Crippen molar-refractivity contribution in [3.63, 3.8) is 0 Å². The third-order valence-electron chi connectivity index (χ3n) is 3.85. The number of hydrogen-bond acceptors (Lipinski definition) is 3. The Morgan fingerprint density at radius 2 is 2.06 bits per heavy atom. The van der Waals surface area contributed by atoms with Crippen LogP contribution in [-0.2, 0) is 0 Å². The summed E-state index contributed by atoms with van der Waals surface area (Å²) in [6.07, 6.45) is 0. The molecule has 0 bridgehead atoms. The summed E-state index contributed by atoms with van der Waals surface area (Å²) < 4.78 is 5.52. The fourth-order valence-electron chi connectivity index (χ4n) is 2.55. The first-order chi connectivity index (χ1) is 8.67. The Hall–Kier alpha value is -1.06. The summed E-state index contributed by atoms with van der Waals surface area (Å²) in [6, 6.07) is 6.93. The lowest BCUT2D eigenvalue weighted by atomic mass is 9.86. The van der Waals surface area contributed by atoms with Crippen LogP contribution in [0.25, 0.3) is 0 Å². The predicted molar refractivity (Wildman–Crippen MR) is 75.2 cm³/mol. The highest BCUT2D eigenvalue weighted by atomic mass is 16.5. The molecule has 3 nitrogen and oxygen atoms in total. The molecule has 2 N–H and O–H groups in total. The summed E-state index contributed by atoms with van der Waals surface area (Å²) in [5, 5.41) is 6.78. The molecule has 2 rings (SSSR count). The molecule has 100 valence electrons. The van der Waals surface area contributed by atoms with Crippen molar-refractivity contribution in [1.29, 1.82) is 0 Å². The summed E-state index contributed by atoms with van der Waals surface area (Å²) in [7, 11) is 3.78. The summed E-state index contributed by atoms with van der Waals surface area (Å²) in [6.45, 7) is 6.62. The summed E-state index contributed by atoms with van der Waals surface area (Å²) in [5.74, 6) is 2.20. The number of benzene rings is 1. The highest BCUT2D eigenvalue weighted by molar-refractivity contribution is 5.41. The standard InChI is InChI=1S/C15H24N2O/c1-10(2)11-5-6-14(18-4)13(7-11)15(16-3)12-8-17-9-12/h5-7,10,12,15-17H,8-9H2,1-4H3. The van der Waals surface area contributed by atoms with Crippen LogP contribution in [-0.4, -0.2) is 27.2 Å². The van der Waals surface area contributed by atoms with Gasteiger partial charge in [0.2, 0.25) is 0 Å². The van der Waals surface area contributed by atoms with Crippen LogP contribution in [0.4, 0.5) is 0 Å². The van der Waals surface area contributed by atoms with Gasteiger partial charge in [0.05, 0.1) is 7.11 Å². The molecule has 18 heavy (non-hydrogen) atoms. The minimum absolute atomic E-state index is 0.375. The fraction of sp³-hybridized carbons (Fsp3) is 0.600. The number of nitrogens with one attached hydrogen (secondary N) is 2. The second-order valence-corrected chi connectivity index (χ2v) is 5.34. The largest absolute Gasteiger partial charge is 0.496 e. The third-order valence-corrected chi connectivity index (χ3v) is 3.85. The topological polar surface area (TPSA) is 33.3 Å². The Morgan fingerprint density at radius 1 is 1.33 bits per heavy atom. The van der Waals surface area contributed by atoms with Crippen molar-refractivity contribution in [3.8, 4) is 5.75 Å². The average molecular weight is 248 g/mol. The number of methoxy groups -OCH3 is 1. The van der Waals surface area contributed by atoms with Crippen LogP contribution in [0.5, 0.6) is 5.75 Å². The lowest BCUT2D eigenvalue weighted by molar-refractivity contribution is 0.262. The monoisotopic (exact) mass is 248 g/mol. The molecular formula is C15H24N2O. The Bertz CT molecular complexity index is 399. The minimum Gasteiger partial charge on any atom is -0.496 e. The van der Waals surface area contributed by atoms with Gasteiger partial charge in [0.25, 0.3) is 0 Å². The highest BCUT2D eigenvalue weighted by Crippen LogP contribution is 2.34. The molecule has 1 unspecified atom stereocenters. The SMILES string of the molecule is CNC(c1cc(C(C)C)ccc1OC)C1CNC1. The van der Waals surface area contributed by atoms with Gasteiger partial charge in [-0.2, -0.15) is 0 Å². The van der Waals surface area contributed by atoms with Crippen molar-refractivity contribution in [2.45, 2.75) is 25.8 Å². The van der Waals surface area contributed by atoms with Crippen molar-refractivity contribution in [2.75, 3.05) is 27.2 Å². The maximum atomic E-state index is 5.52. The predicted octanol–water partition coefficient (Wildman–Crippen LogP) is 2.30. The van der Waals surface area contributed by atoms with E-state index < -0.39 is 0 Å². The molecule has 1 aromatic rings. The van der Waals surface area contributed by atoms with Crippen LogP contribution in [0.3, 0.4) is 0 Å². The van der Waals surface area contributed by atoms with Crippen LogP contribution in [0, 0.1) is 5.92 Å². The van der Waals surface area contributed by atoms with Crippen LogP contribution in [0.1, 0.15) is 36.9 Å². The van der Waals surface area contributed by atoms with E-state index in [2.05, 4.69) is 42.7 Å². The van der Waals surface area contributed by atoms with Crippen molar-refractivity contribution in [2.24, 2.45) is 5.92 Å². The van der Waals surface area contributed by atoms with Gasteiger partial charge in [-0.25, -0.2) is 0 Å². The molecule has 1 fully saturated rings. The molecule has 1 aromatic carbocycles. The Kier molecular flexibility index (Phi) is 4.25. The normalized spacial score (nSPS) is 17.6. The first kappa shape index (κ1) is 13.4. The second-order valence-electron chi connectivity index (χ2n) is 5.34. The molecule has 0 aliphatic carbocycles. The third kappa shape index (κ3) is 2.52. The Labute approximate surface area is 110 Å². The van der Waals surface area contributed by atoms with E-state index in [-0.39, 0.29) is 0 Å². The van der Waals surface area contributed by atoms with Crippen molar-refractivity contribution >= 4 is 0 Å². The maximum Gasteiger partial charge on any atom is 0.123 e. The zero-order valence-corrected chi connectivity index (χ0v) is 11.8. The molecule has 0 saturated carbocycles. The van der Waals surface area contributed by atoms with Gasteiger partial charge < -0.3 is 15.4 Å². The Balaban J connectivity index is 2.34. The fourth-order valence-corrected chi connectivity index (χ4v) is 2.55. The Morgan fingerprint density at radius 3 is 2.50 bits per heavy atom. The van der Waals surface area contributed by atoms with E-state index in [1.807, 2.05) is 7.05 Å². The zero-order valence-electron chi connectivity index (χ0n) is 11.8. The molecule has 1 heterocycles. The van der Waals surface area contributed by atoms with Gasteiger partial charge in [-0.3, -0.25) is 0 Å². The van der Waals surface area contributed by atoms with Crippen molar-refractivity contribution in [1.82, 2.24) is 10.6 Å². The molecule has 0 amide bonds. The quantitative estimate of drug-likeness (QED) is 0.839. The smallest absolute Gasteiger partial charge is 0.123 e. The molecular weight excluding hydrogens is 224 g/mol. The van der Waals surface area contributed by atoms with E-state index in [0.717, 1.165) is 18.8 Å². The van der Waals surface area contributed by atoms with Gasteiger partial charge in [0.15, 0.2) is 0 Å². The first-order valence-corrected chi connectivity index (χ1v) is 6.73. The molecule has 0 spiro atoms. The molecule has 1 aliphatic heterocycles. The van der Waals surface area contributed by atoms with Crippen molar-refractivity contribution < 1.29 is 4.74 Å². The lowest BCUT2D eigenvalue weighted by Crippen LogP contribution is -2.48. The van der Waals surface area contributed by atoms with Gasteiger partial charge >= 0.3 is 0 Å². The summed E-state index contributed by atoms with van der Waals surface area (Å²) >= 11 is 0. The van der Waals surface area contributed by atoms with Gasteiger partial charge in [-0.15, -0.1) is 0 Å². The minimum atomic E-state index is 0.375. The van der Waals surface area contributed by atoms with Crippen LogP contribution >= 0.6 is 0 Å². The summed E-state index contributed by atoms with van der Waals surface area (Å²) in [4.78, 5) is 0. The van der Waals surface area contributed by atoms with Crippen LogP contribution in [0.15, 0.2) is 18.2 Å². The molecule has 3 heteroatoms. The van der Waals surface area contributed by atoms with Crippen LogP contribution < -0.4 is 15.4 Å². The first-order valence-electron chi connectivity index (χ1n) is 6.73. The number of rotatable bonds is 5. The van der Waals surface area contributed by atoms with Gasteiger partial charge in [0.1, 0.15) is 5.75 Å². The van der Waals surface area contributed by atoms with Crippen LogP contribution in [0.2, 0.25) is 0 Å². The molecule has 1 aliphatic rings. The van der Waals surface area contributed by atoms with E-state index in [4.69, 9.17) is 4.74 Å². The van der Waals surface area contributed by atoms with E-state index in [1.54, 1.807) is 7.11 Å². The zero-order chi connectivity index (χ0) is 13.1. The number of ether oxygens (including phenoxy) is 1. The van der Waals surface area contributed by atoms with E-state index >= 15 is 0 Å². The number of hydrogen-bond donors (Lipinski definition) is 2. The van der Waals surface area contributed by atoms with E-state index in [0.29, 0.717) is 17.9 Å². The van der Waals surface area contributed by atoms with E-state index in [9.17, 15) is 0 Å². The van der Waals surface area contributed by atoms with Gasteiger partial charge in [-0.1, -0.05) is 26.0 Å². The molecule has 1 atom stereocenters. The van der Waals surface area contributed by atoms with Gasteiger partial charge in [0, 0.05) is 30.6 Å². The second kappa shape index (κ2) is 5.72. The van der Waals surface area contributed by atoms with E-state index in [1.165, 1.54) is 11.1 Å². The highest BCUT2D eigenvalue weighted by Gasteiger charge is 2.29.